The first kappa shape index (κ1) is 22.0. The van der Waals surface area contributed by atoms with Crippen LogP contribution in [0.3, 0.4) is 0 Å². The molecule has 0 radical (unpaired) electrons. The quantitative estimate of drug-likeness (QED) is 0.410. The highest BCUT2D eigenvalue weighted by Crippen LogP contribution is 2.08. The van der Waals surface area contributed by atoms with Crippen molar-refractivity contribution < 1.29 is 19.1 Å². The topological polar surface area (TPSA) is 64.6 Å². The molecule has 1 rings (SSSR count). The van der Waals surface area contributed by atoms with Gasteiger partial charge in [0.05, 0.1) is 13.2 Å². The van der Waals surface area contributed by atoms with Crippen molar-refractivity contribution in [2.45, 2.75) is 71.3 Å². The van der Waals surface area contributed by atoms with Crippen molar-refractivity contribution in [1.82, 2.24) is 5.32 Å². The molecular formula is C21H33NO4. The molecule has 0 bridgehead atoms. The lowest BCUT2D eigenvalue weighted by Crippen LogP contribution is -2.43. The van der Waals surface area contributed by atoms with E-state index < -0.39 is 18.1 Å². The molecule has 1 N–H and O–H groups in total. The Morgan fingerprint density at radius 1 is 0.885 bits per heavy atom. The summed E-state index contributed by atoms with van der Waals surface area (Å²) in [6, 6.07) is 8.84. The van der Waals surface area contributed by atoms with Crippen LogP contribution >= 0.6 is 0 Å². The molecule has 0 aliphatic carbocycles. The number of hydrogen-bond acceptors (Lipinski definition) is 4. The van der Waals surface area contributed by atoms with Gasteiger partial charge in [-0.25, -0.2) is 9.59 Å². The standard InChI is InChI=1S/C21H33NO4/c1-3-5-6-7-8-12-16-25-20(23)19(22-21(24)26-15-4-2)17-18-13-10-9-11-14-18/h9-11,13-14,19H,3-8,12,15-17H2,1-2H3,(H,22,24). The second-order valence-corrected chi connectivity index (χ2v) is 6.46. The number of unbranched alkanes of at least 4 members (excludes halogenated alkanes) is 5. The van der Waals surface area contributed by atoms with Crippen molar-refractivity contribution in [3.8, 4) is 0 Å². The van der Waals surface area contributed by atoms with Crippen LogP contribution in [-0.4, -0.2) is 31.3 Å². The van der Waals surface area contributed by atoms with Gasteiger partial charge in [-0.2, -0.15) is 0 Å². The molecule has 1 atom stereocenters. The van der Waals surface area contributed by atoms with Crippen LogP contribution in [0.2, 0.25) is 0 Å². The van der Waals surface area contributed by atoms with Crippen LogP contribution < -0.4 is 5.32 Å². The molecule has 1 aromatic rings. The van der Waals surface area contributed by atoms with Crippen molar-refractivity contribution in [3.05, 3.63) is 35.9 Å². The van der Waals surface area contributed by atoms with E-state index in [4.69, 9.17) is 9.47 Å². The highest BCUT2D eigenvalue weighted by atomic mass is 16.6. The van der Waals surface area contributed by atoms with Gasteiger partial charge >= 0.3 is 12.1 Å². The van der Waals surface area contributed by atoms with Crippen molar-refractivity contribution in [2.24, 2.45) is 0 Å². The van der Waals surface area contributed by atoms with Crippen LogP contribution in [0.1, 0.15) is 64.4 Å². The molecule has 0 heterocycles. The van der Waals surface area contributed by atoms with Crippen molar-refractivity contribution in [1.29, 1.82) is 0 Å². The zero-order valence-electron chi connectivity index (χ0n) is 16.2. The molecule has 5 nitrogen and oxygen atoms in total. The van der Waals surface area contributed by atoms with E-state index in [0.29, 0.717) is 19.6 Å². The number of esters is 1. The van der Waals surface area contributed by atoms with Crippen LogP contribution in [0.15, 0.2) is 30.3 Å². The summed E-state index contributed by atoms with van der Waals surface area (Å²) in [6.07, 6.45) is 7.32. The van der Waals surface area contributed by atoms with Crippen molar-refractivity contribution in [2.75, 3.05) is 13.2 Å². The number of ether oxygens (including phenoxy) is 2. The molecule has 1 aromatic carbocycles. The minimum absolute atomic E-state index is 0.330. The molecule has 26 heavy (non-hydrogen) atoms. The molecular weight excluding hydrogens is 330 g/mol. The van der Waals surface area contributed by atoms with Gasteiger partial charge in [-0.3, -0.25) is 0 Å². The molecule has 0 spiro atoms. The summed E-state index contributed by atoms with van der Waals surface area (Å²) < 4.78 is 10.4. The van der Waals surface area contributed by atoms with E-state index in [2.05, 4.69) is 12.2 Å². The third-order valence-corrected chi connectivity index (χ3v) is 4.04. The van der Waals surface area contributed by atoms with Gasteiger partial charge in [0.25, 0.3) is 0 Å². The summed E-state index contributed by atoms with van der Waals surface area (Å²) >= 11 is 0. The molecule has 0 aliphatic heterocycles. The lowest BCUT2D eigenvalue weighted by Gasteiger charge is -2.17. The molecule has 5 heteroatoms. The maximum Gasteiger partial charge on any atom is 0.407 e. The van der Waals surface area contributed by atoms with E-state index in [1.807, 2.05) is 37.3 Å². The normalized spacial score (nSPS) is 11.6. The Morgan fingerprint density at radius 2 is 1.58 bits per heavy atom. The van der Waals surface area contributed by atoms with Crippen LogP contribution in [0, 0.1) is 0 Å². The van der Waals surface area contributed by atoms with Gasteiger partial charge in [0, 0.05) is 6.42 Å². The van der Waals surface area contributed by atoms with Crippen molar-refractivity contribution in [3.63, 3.8) is 0 Å². The number of hydrogen-bond donors (Lipinski definition) is 1. The molecule has 1 amide bonds. The molecule has 0 fully saturated rings. The fourth-order valence-electron chi connectivity index (χ4n) is 2.58. The number of carbonyl (C=O) groups is 2. The zero-order valence-corrected chi connectivity index (χ0v) is 16.2. The monoisotopic (exact) mass is 363 g/mol. The minimum atomic E-state index is -0.734. The molecule has 146 valence electrons. The maximum atomic E-state index is 12.4. The first-order valence-corrected chi connectivity index (χ1v) is 9.81. The molecule has 0 aliphatic rings. The number of alkyl carbamates (subject to hydrolysis) is 1. The van der Waals surface area contributed by atoms with Gasteiger partial charge in [-0.15, -0.1) is 0 Å². The molecule has 0 saturated carbocycles. The first-order valence-electron chi connectivity index (χ1n) is 9.81. The van der Waals surface area contributed by atoms with Gasteiger partial charge in [-0.05, 0) is 18.4 Å². The van der Waals surface area contributed by atoms with E-state index in [0.717, 1.165) is 24.8 Å². The highest BCUT2D eigenvalue weighted by molar-refractivity contribution is 5.81. The summed E-state index contributed by atoms with van der Waals surface area (Å²) in [5, 5.41) is 2.63. The third-order valence-electron chi connectivity index (χ3n) is 4.04. The first-order chi connectivity index (χ1) is 12.7. The predicted molar refractivity (Wildman–Crippen MR) is 103 cm³/mol. The average molecular weight is 363 g/mol. The minimum Gasteiger partial charge on any atom is -0.464 e. The number of amides is 1. The third kappa shape index (κ3) is 10.1. The van der Waals surface area contributed by atoms with Gasteiger partial charge in [0.2, 0.25) is 0 Å². The average Bonchev–Trinajstić information content (AvgIpc) is 2.65. The Kier molecular flexibility index (Phi) is 12.0. The van der Waals surface area contributed by atoms with Crippen LogP contribution in [0.4, 0.5) is 4.79 Å². The number of benzene rings is 1. The molecule has 0 saturated heterocycles. The Hall–Kier alpha value is -2.04. The molecule has 0 aromatic heterocycles. The fraction of sp³-hybridized carbons (Fsp3) is 0.619. The lowest BCUT2D eigenvalue weighted by atomic mass is 10.1. The lowest BCUT2D eigenvalue weighted by molar-refractivity contribution is -0.146. The molecule has 1 unspecified atom stereocenters. The Morgan fingerprint density at radius 3 is 2.27 bits per heavy atom. The van der Waals surface area contributed by atoms with E-state index >= 15 is 0 Å². The Bertz CT molecular complexity index is 504. The van der Waals surface area contributed by atoms with Gasteiger partial charge in [-0.1, -0.05) is 76.3 Å². The van der Waals surface area contributed by atoms with Gasteiger partial charge in [0.15, 0.2) is 0 Å². The van der Waals surface area contributed by atoms with Crippen LogP contribution in [0.5, 0.6) is 0 Å². The van der Waals surface area contributed by atoms with Crippen molar-refractivity contribution >= 4 is 12.1 Å². The summed E-state index contributed by atoms with van der Waals surface area (Å²) in [5.74, 6) is -0.407. The summed E-state index contributed by atoms with van der Waals surface area (Å²) in [6.45, 7) is 4.83. The smallest absolute Gasteiger partial charge is 0.407 e. The number of carbonyl (C=O) groups excluding carboxylic acids is 2. The zero-order chi connectivity index (χ0) is 19.0. The van der Waals surface area contributed by atoms with Gasteiger partial charge in [0.1, 0.15) is 6.04 Å². The maximum absolute atomic E-state index is 12.4. The Labute approximate surface area is 157 Å². The number of rotatable bonds is 13. The van der Waals surface area contributed by atoms with E-state index in [-0.39, 0.29) is 0 Å². The second kappa shape index (κ2) is 14.2. The predicted octanol–water partition coefficient (Wildman–Crippen LogP) is 4.64. The largest absolute Gasteiger partial charge is 0.464 e. The summed E-state index contributed by atoms with van der Waals surface area (Å²) in [4.78, 5) is 24.2. The van der Waals surface area contributed by atoms with E-state index in [1.54, 1.807) is 0 Å². The SMILES string of the molecule is CCCCCCCCOC(=O)C(Cc1ccccc1)NC(=O)OCCC. The van der Waals surface area contributed by atoms with E-state index in [1.165, 1.54) is 25.7 Å². The van der Waals surface area contributed by atoms with Crippen LogP contribution in [0.25, 0.3) is 0 Å². The second-order valence-electron chi connectivity index (χ2n) is 6.46. The fourth-order valence-corrected chi connectivity index (χ4v) is 2.58. The highest BCUT2D eigenvalue weighted by Gasteiger charge is 2.23. The Balaban J connectivity index is 2.46. The summed E-state index contributed by atoms with van der Waals surface area (Å²) in [7, 11) is 0. The van der Waals surface area contributed by atoms with Crippen LogP contribution in [-0.2, 0) is 20.7 Å². The van der Waals surface area contributed by atoms with E-state index in [9.17, 15) is 9.59 Å². The van der Waals surface area contributed by atoms with Gasteiger partial charge < -0.3 is 14.8 Å². The summed E-state index contributed by atoms with van der Waals surface area (Å²) in [5.41, 5.74) is 0.963. The number of nitrogens with one attached hydrogen (secondary N) is 1.